The molecule has 4 heteroatoms. The van der Waals surface area contributed by atoms with Gasteiger partial charge in [0.2, 0.25) is 0 Å². The Morgan fingerprint density at radius 2 is 1.56 bits per heavy atom. The first-order valence-corrected chi connectivity index (χ1v) is 9.46. The highest BCUT2D eigenvalue weighted by molar-refractivity contribution is 9.10. The summed E-state index contributed by atoms with van der Waals surface area (Å²) in [6.45, 7) is 8.95. The van der Waals surface area contributed by atoms with Gasteiger partial charge in [-0.1, -0.05) is 103 Å². The molecule has 0 unspecified atom stereocenters. The fourth-order valence-corrected chi connectivity index (χ4v) is 3.60. The van der Waals surface area contributed by atoms with Gasteiger partial charge in [-0.15, -0.1) is 0 Å². The van der Waals surface area contributed by atoms with Gasteiger partial charge in [0.05, 0.1) is 22.8 Å². The summed E-state index contributed by atoms with van der Waals surface area (Å²) in [6.07, 6.45) is 3.48. The van der Waals surface area contributed by atoms with Crippen molar-refractivity contribution in [3.05, 3.63) is 64.3 Å². The molecule has 0 atom stereocenters. The van der Waals surface area contributed by atoms with E-state index in [0.717, 1.165) is 15.9 Å². The lowest BCUT2D eigenvalue weighted by molar-refractivity contribution is -0.666. The SMILES string of the molecule is CC(C)c1cccc(C(C)C)c1-c1[c-][n+](-c2ccccc2Br)nn1C. The van der Waals surface area contributed by atoms with Crippen LogP contribution in [0.5, 0.6) is 0 Å². The molecule has 2 aromatic carbocycles. The summed E-state index contributed by atoms with van der Waals surface area (Å²) in [5.74, 6) is 0.878. The number of aromatic nitrogens is 3. The van der Waals surface area contributed by atoms with Crippen LogP contribution in [0.3, 0.4) is 0 Å². The van der Waals surface area contributed by atoms with Crippen LogP contribution in [0.25, 0.3) is 16.9 Å². The van der Waals surface area contributed by atoms with Gasteiger partial charge in [-0.25, -0.2) is 4.68 Å². The van der Waals surface area contributed by atoms with Crippen LogP contribution in [-0.4, -0.2) is 9.90 Å². The van der Waals surface area contributed by atoms with E-state index in [1.54, 1.807) is 0 Å². The van der Waals surface area contributed by atoms with E-state index in [-0.39, 0.29) is 0 Å². The van der Waals surface area contributed by atoms with Crippen molar-refractivity contribution in [1.82, 2.24) is 9.90 Å². The minimum atomic E-state index is 0.439. The molecule has 0 aliphatic carbocycles. The second kappa shape index (κ2) is 7.12. The first-order valence-electron chi connectivity index (χ1n) is 8.67. The van der Waals surface area contributed by atoms with E-state index in [4.69, 9.17) is 0 Å². The van der Waals surface area contributed by atoms with Gasteiger partial charge >= 0.3 is 0 Å². The summed E-state index contributed by atoms with van der Waals surface area (Å²) in [5.41, 5.74) is 5.93. The number of para-hydroxylation sites is 1. The maximum atomic E-state index is 4.67. The molecule has 3 nitrogen and oxygen atoms in total. The van der Waals surface area contributed by atoms with E-state index < -0.39 is 0 Å². The maximum Gasteiger partial charge on any atom is 0.101 e. The number of halogens is 1. The third-order valence-corrected chi connectivity index (χ3v) is 5.12. The second-order valence-electron chi connectivity index (χ2n) is 6.96. The van der Waals surface area contributed by atoms with Gasteiger partial charge in [-0.3, -0.25) is 0 Å². The molecule has 0 aliphatic rings. The van der Waals surface area contributed by atoms with Gasteiger partial charge in [0.15, 0.2) is 0 Å². The van der Waals surface area contributed by atoms with Crippen molar-refractivity contribution >= 4 is 15.9 Å². The molecule has 3 aromatic rings. The monoisotopic (exact) mass is 397 g/mol. The smallest absolute Gasteiger partial charge is 0.101 e. The van der Waals surface area contributed by atoms with Gasteiger partial charge < -0.3 is 0 Å². The summed E-state index contributed by atoms with van der Waals surface area (Å²) >= 11 is 3.61. The lowest BCUT2D eigenvalue weighted by atomic mass is 9.87. The van der Waals surface area contributed by atoms with Gasteiger partial charge in [-0.05, 0) is 11.8 Å². The van der Waals surface area contributed by atoms with Crippen LogP contribution in [0.4, 0.5) is 0 Å². The van der Waals surface area contributed by atoms with Crippen molar-refractivity contribution in [2.75, 3.05) is 0 Å². The first-order chi connectivity index (χ1) is 11.9. The Bertz CT molecular complexity index is 868. The normalized spacial score (nSPS) is 11.5. The van der Waals surface area contributed by atoms with Gasteiger partial charge in [-0.2, -0.15) is 4.68 Å². The number of rotatable bonds is 4. The molecule has 130 valence electrons. The largest absolute Gasteiger partial charge is 0.206 e. The van der Waals surface area contributed by atoms with E-state index in [1.165, 1.54) is 16.7 Å². The van der Waals surface area contributed by atoms with Crippen molar-refractivity contribution in [3.8, 4) is 16.9 Å². The molecule has 0 N–H and O–H groups in total. The summed E-state index contributed by atoms with van der Waals surface area (Å²) in [6, 6.07) is 14.7. The number of nitrogens with zero attached hydrogens (tertiary/aromatic N) is 3. The lowest BCUT2D eigenvalue weighted by Gasteiger charge is -2.22. The molecule has 0 fully saturated rings. The number of aryl methyl sites for hydroxylation is 1. The Hall–Kier alpha value is -1.94. The molecule has 0 aliphatic heterocycles. The van der Waals surface area contributed by atoms with E-state index in [0.29, 0.717) is 11.8 Å². The Kier molecular flexibility index (Phi) is 5.09. The topological polar surface area (TPSA) is 21.7 Å². The number of hydrogen-bond donors (Lipinski definition) is 0. The van der Waals surface area contributed by atoms with Crippen molar-refractivity contribution < 1.29 is 4.68 Å². The first kappa shape index (κ1) is 17.9. The molecule has 0 saturated heterocycles. The van der Waals surface area contributed by atoms with E-state index in [1.807, 2.05) is 40.7 Å². The highest BCUT2D eigenvalue weighted by Gasteiger charge is 2.18. The van der Waals surface area contributed by atoms with Gasteiger partial charge in [0.25, 0.3) is 0 Å². The standard InChI is InChI=1S/C21H24BrN3/c1-14(2)16-9-8-10-17(15(3)4)21(16)20-13-25(23-24(20)5)19-12-7-6-11-18(19)22/h6-12,14-15H,1-5H3. The summed E-state index contributed by atoms with van der Waals surface area (Å²) < 4.78 is 4.75. The van der Waals surface area contributed by atoms with Crippen molar-refractivity contribution in [1.29, 1.82) is 0 Å². The molecule has 0 saturated carbocycles. The summed E-state index contributed by atoms with van der Waals surface area (Å²) in [4.78, 5) is 0. The summed E-state index contributed by atoms with van der Waals surface area (Å²) in [7, 11) is 1.99. The van der Waals surface area contributed by atoms with Crippen molar-refractivity contribution in [2.45, 2.75) is 39.5 Å². The highest BCUT2D eigenvalue weighted by atomic mass is 79.9. The molecular formula is C21H24BrN3. The average Bonchev–Trinajstić information content (AvgIpc) is 2.95. The van der Waals surface area contributed by atoms with Crippen LogP contribution in [0, 0.1) is 6.20 Å². The molecule has 0 spiro atoms. The van der Waals surface area contributed by atoms with Crippen LogP contribution < -0.4 is 4.68 Å². The molecule has 3 rings (SSSR count). The van der Waals surface area contributed by atoms with Gasteiger partial charge in [0, 0.05) is 4.47 Å². The van der Waals surface area contributed by atoms with Crippen LogP contribution in [0.1, 0.15) is 50.7 Å². The van der Waals surface area contributed by atoms with Crippen molar-refractivity contribution in [3.63, 3.8) is 0 Å². The Labute approximate surface area is 158 Å². The summed E-state index contributed by atoms with van der Waals surface area (Å²) in [5, 5.41) is 4.67. The van der Waals surface area contributed by atoms with Crippen LogP contribution in [0.15, 0.2) is 46.9 Å². The minimum absolute atomic E-state index is 0.439. The molecule has 1 heterocycles. The maximum absolute atomic E-state index is 4.67. The molecule has 1 aromatic heterocycles. The predicted octanol–water partition coefficient (Wildman–Crippen LogP) is 5.17. The Balaban J connectivity index is 2.23. The zero-order chi connectivity index (χ0) is 18.1. The Morgan fingerprint density at radius 1 is 0.960 bits per heavy atom. The molecule has 0 amide bonds. The van der Waals surface area contributed by atoms with Crippen LogP contribution >= 0.6 is 15.9 Å². The lowest BCUT2D eigenvalue weighted by Crippen LogP contribution is -2.33. The van der Waals surface area contributed by atoms with Crippen molar-refractivity contribution in [2.24, 2.45) is 7.05 Å². The zero-order valence-electron chi connectivity index (χ0n) is 15.4. The zero-order valence-corrected chi connectivity index (χ0v) is 17.0. The predicted molar refractivity (Wildman–Crippen MR) is 105 cm³/mol. The van der Waals surface area contributed by atoms with E-state index in [2.05, 4.69) is 73.2 Å². The molecule has 25 heavy (non-hydrogen) atoms. The fraction of sp³-hybridized carbons (Fsp3) is 0.333. The third-order valence-electron chi connectivity index (χ3n) is 4.45. The van der Waals surface area contributed by atoms with Gasteiger partial charge in [0.1, 0.15) is 7.05 Å². The third kappa shape index (κ3) is 3.40. The van der Waals surface area contributed by atoms with Crippen LogP contribution in [0.2, 0.25) is 0 Å². The molecule has 0 bridgehead atoms. The fourth-order valence-electron chi connectivity index (χ4n) is 3.15. The van der Waals surface area contributed by atoms with E-state index in [9.17, 15) is 0 Å². The molecule has 0 radical (unpaired) electrons. The Morgan fingerprint density at radius 3 is 2.12 bits per heavy atom. The van der Waals surface area contributed by atoms with E-state index >= 15 is 0 Å². The number of hydrogen-bond acceptors (Lipinski definition) is 1. The number of benzene rings is 2. The molecular weight excluding hydrogens is 374 g/mol. The van der Waals surface area contributed by atoms with Crippen LogP contribution in [-0.2, 0) is 7.05 Å². The minimum Gasteiger partial charge on any atom is -0.206 e. The second-order valence-corrected chi connectivity index (χ2v) is 7.81. The average molecular weight is 398 g/mol. The highest BCUT2D eigenvalue weighted by Crippen LogP contribution is 2.35. The quantitative estimate of drug-likeness (QED) is 0.439.